The molecule has 1 N–H and O–H groups in total. The van der Waals surface area contributed by atoms with Gasteiger partial charge in [-0.1, -0.05) is 39.7 Å². The maximum atomic E-state index is 13.5. The van der Waals surface area contributed by atoms with E-state index in [0.717, 1.165) is 14.9 Å². The molecule has 1 aliphatic rings. The van der Waals surface area contributed by atoms with Gasteiger partial charge in [-0.05, 0) is 35.9 Å². The summed E-state index contributed by atoms with van der Waals surface area (Å²) in [6.45, 7) is 0.225. The van der Waals surface area contributed by atoms with Crippen molar-refractivity contribution < 1.29 is 33.3 Å². The number of amides is 4. The van der Waals surface area contributed by atoms with Gasteiger partial charge in [0.05, 0.1) is 32.0 Å². The van der Waals surface area contributed by atoms with E-state index in [1.54, 1.807) is 18.2 Å². The number of carbonyl (C=O) groups is 3. The third-order valence-corrected chi connectivity index (χ3v) is 6.45. The predicted molar refractivity (Wildman–Crippen MR) is 145 cm³/mol. The Morgan fingerprint density at radius 1 is 0.895 bits per heavy atom. The molecule has 0 aliphatic carbocycles. The van der Waals surface area contributed by atoms with Gasteiger partial charge in [0.15, 0.2) is 0 Å². The molecule has 4 amide bonds. The van der Waals surface area contributed by atoms with Crippen LogP contribution in [-0.4, -0.2) is 39.2 Å². The number of hydrogen-bond donors (Lipinski definition) is 1. The lowest BCUT2D eigenvalue weighted by molar-refractivity contribution is -0.122. The van der Waals surface area contributed by atoms with Gasteiger partial charge in [-0.15, -0.1) is 0 Å². The number of barbiturate groups is 1. The van der Waals surface area contributed by atoms with Crippen LogP contribution in [0.15, 0.2) is 64.6 Å². The Morgan fingerprint density at radius 3 is 2.26 bits per heavy atom. The van der Waals surface area contributed by atoms with E-state index in [1.807, 2.05) is 24.3 Å². The molecule has 0 unspecified atom stereocenters. The van der Waals surface area contributed by atoms with Crippen LogP contribution in [0.5, 0.6) is 23.0 Å². The van der Waals surface area contributed by atoms with Crippen LogP contribution in [0.1, 0.15) is 11.1 Å². The van der Waals surface area contributed by atoms with E-state index in [9.17, 15) is 14.4 Å². The number of nitrogens with one attached hydrogen (secondary N) is 1. The van der Waals surface area contributed by atoms with Gasteiger partial charge in [0.1, 0.15) is 35.2 Å². The van der Waals surface area contributed by atoms with Crippen LogP contribution in [0.25, 0.3) is 6.08 Å². The molecule has 0 saturated carbocycles. The second-order valence-corrected chi connectivity index (χ2v) is 9.26. The van der Waals surface area contributed by atoms with E-state index in [2.05, 4.69) is 21.2 Å². The van der Waals surface area contributed by atoms with E-state index in [0.29, 0.717) is 17.1 Å². The Morgan fingerprint density at radius 2 is 1.61 bits per heavy atom. The molecule has 9 nitrogen and oxygen atoms in total. The topological polar surface area (TPSA) is 103 Å². The fourth-order valence-electron chi connectivity index (χ4n) is 3.68. The number of benzene rings is 3. The zero-order chi connectivity index (χ0) is 27.4. The lowest BCUT2D eigenvalue weighted by Gasteiger charge is -2.28. The van der Waals surface area contributed by atoms with Crippen molar-refractivity contribution in [1.82, 2.24) is 5.32 Å². The van der Waals surface area contributed by atoms with Gasteiger partial charge in [0, 0.05) is 28.2 Å². The molecule has 196 valence electrons. The number of imide groups is 2. The summed E-state index contributed by atoms with van der Waals surface area (Å²) in [5.41, 5.74) is 1.09. The van der Waals surface area contributed by atoms with Crippen LogP contribution in [0.2, 0.25) is 5.02 Å². The SMILES string of the molecule is COc1ccc(/C=C2\C(=O)NC(=O)N(c3cc(OC)c(Cl)cc3OC)C2=O)c(OCc2ccc(Br)cc2)c1. The highest BCUT2D eigenvalue weighted by atomic mass is 79.9. The maximum absolute atomic E-state index is 13.5. The molecule has 1 heterocycles. The number of halogens is 2. The van der Waals surface area contributed by atoms with Gasteiger partial charge in [-0.25, -0.2) is 9.69 Å². The fraction of sp³-hybridized carbons (Fsp3) is 0.148. The van der Waals surface area contributed by atoms with E-state index in [1.165, 1.54) is 39.5 Å². The quantitative estimate of drug-likeness (QED) is 0.273. The number of urea groups is 1. The smallest absolute Gasteiger partial charge is 0.336 e. The van der Waals surface area contributed by atoms with Gasteiger partial charge in [-0.2, -0.15) is 0 Å². The van der Waals surface area contributed by atoms with E-state index >= 15 is 0 Å². The van der Waals surface area contributed by atoms with Crippen molar-refractivity contribution in [3.8, 4) is 23.0 Å². The largest absolute Gasteiger partial charge is 0.497 e. The zero-order valence-electron chi connectivity index (χ0n) is 20.5. The molecule has 0 spiro atoms. The molecule has 0 radical (unpaired) electrons. The summed E-state index contributed by atoms with van der Waals surface area (Å²) in [5.74, 6) is -0.482. The lowest BCUT2D eigenvalue weighted by Crippen LogP contribution is -2.54. The van der Waals surface area contributed by atoms with Gasteiger partial charge >= 0.3 is 6.03 Å². The molecule has 1 saturated heterocycles. The summed E-state index contributed by atoms with van der Waals surface area (Å²) in [4.78, 5) is 39.9. The first-order chi connectivity index (χ1) is 18.2. The normalized spacial score (nSPS) is 14.4. The highest BCUT2D eigenvalue weighted by Crippen LogP contribution is 2.39. The molecule has 3 aromatic carbocycles. The summed E-state index contributed by atoms with van der Waals surface area (Å²) < 4.78 is 22.8. The van der Waals surface area contributed by atoms with E-state index in [-0.39, 0.29) is 34.4 Å². The van der Waals surface area contributed by atoms with E-state index < -0.39 is 17.8 Å². The molecule has 4 rings (SSSR count). The van der Waals surface area contributed by atoms with Crippen molar-refractivity contribution in [2.75, 3.05) is 26.2 Å². The minimum Gasteiger partial charge on any atom is -0.497 e. The second-order valence-electron chi connectivity index (χ2n) is 7.94. The summed E-state index contributed by atoms with van der Waals surface area (Å²) >= 11 is 9.57. The van der Waals surface area contributed by atoms with Crippen molar-refractivity contribution in [3.63, 3.8) is 0 Å². The van der Waals surface area contributed by atoms with Crippen molar-refractivity contribution in [3.05, 3.63) is 80.8 Å². The Hall–Kier alpha value is -4.02. The molecule has 1 aliphatic heterocycles. The number of rotatable bonds is 8. The molecule has 0 atom stereocenters. The standard InChI is InChI=1S/C27H22BrClN2O7/c1-35-18-9-6-16(22(11-18)38-14-15-4-7-17(28)8-5-15)10-19-25(32)30-27(34)31(26(19)33)21-13-23(36-2)20(29)12-24(21)37-3/h4-13H,14H2,1-3H3,(H,30,32,34)/b19-10+. The summed E-state index contributed by atoms with van der Waals surface area (Å²) in [6, 6.07) is 14.4. The molecule has 11 heteroatoms. The highest BCUT2D eigenvalue weighted by molar-refractivity contribution is 9.10. The number of carbonyl (C=O) groups excluding carboxylic acids is 3. The van der Waals surface area contributed by atoms with Crippen molar-refractivity contribution in [1.29, 1.82) is 0 Å². The van der Waals surface area contributed by atoms with Crippen LogP contribution in [0, 0.1) is 0 Å². The van der Waals surface area contributed by atoms with E-state index in [4.69, 9.17) is 30.5 Å². The fourth-order valence-corrected chi connectivity index (χ4v) is 4.17. The highest BCUT2D eigenvalue weighted by Gasteiger charge is 2.39. The molecule has 38 heavy (non-hydrogen) atoms. The molecular weight excluding hydrogens is 580 g/mol. The third-order valence-electron chi connectivity index (χ3n) is 5.62. The van der Waals surface area contributed by atoms with Gasteiger partial charge in [-0.3, -0.25) is 14.9 Å². The molecular formula is C27H22BrClN2O7. The first-order valence-electron chi connectivity index (χ1n) is 11.1. The molecule has 1 fully saturated rings. The summed E-state index contributed by atoms with van der Waals surface area (Å²) in [6.07, 6.45) is 1.35. The monoisotopic (exact) mass is 600 g/mol. The lowest BCUT2D eigenvalue weighted by atomic mass is 10.1. The Kier molecular flexibility index (Phi) is 8.23. The van der Waals surface area contributed by atoms with Crippen molar-refractivity contribution in [2.24, 2.45) is 0 Å². The van der Waals surface area contributed by atoms with Crippen molar-refractivity contribution in [2.45, 2.75) is 6.61 Å². The Balaban J connectivity index is 1.73. The number of ether oxygens (including phenoxy) is 4. The number of hydrogen-bond acceptors (Lipinski definition) is 7. The third kappa shape index (κ3) is 5.61. The average Bonchev–Trinajstić information content (AvgIpc) is 2.91. The van der Waals surface area contributed by atoms with Crippen LogP contribution in [0.4, 0.5) is 10.5 Å². The first-order valence-corrected chi connectivity index (χ1v) is 12.3. The van der Waals surface area contributed by atoms with Crippen molar-refractivity contribution >= 4 is 57.1 Å². The summed E-state index contributed by atoms with van der Waals surface area (Å²) in [5, 5.41) is 2.41. The first kappa shape index (κ1) is 27.0. The second kappa shape index (κ2) is 11.6. The van der Waals surface area contributed by atoms with Gasteiger partial charge in [0.25, 0.3) is 11.8 Å². The molecule has 0 aromatic heterocycles. The van der Waals surface area contributed by atoms with Crippen LogP contribution >= 0.6 is 27.5 Å². The van der Waals surface area contributed by atoms with Gasteiger partial charge < -0.3 is 18.9 Å². The van der Waals surface area contributed by atoms with Crippen LogP contribution < -0.4 is 29.2 Å². The zero-order valence-corrected chi connectivity index (χ0v) is 22.9. The summed E-state index contributed by atoms with van der Waals surface area (Å²) in [7, 11) is 4.27. The Bertz CT molecular complexity index is 1440. The number of anilines is 1. The minimum absolute atomic E-state index is 0.0519. The number of methoxy groups -OCH3 is 3. The van der Waals surface area contributed by atoms with Crippen LogP contribution in [0.3, 0.4) is 0 Å². The molecule has 3 aromatic rings. The van der Waals surface area contributed by atoms with Gasteiger partial charge in [0.2, 0.25) is 0 Å². The van der Waals surface area contributed by atoms with Crippen LogP contribution in [-0.2, 0) is 16.2 Å². The number of nitrogens with zero attached hydrogens (tertiary/aromatic N) is 1. The minimum atomic E-state index is -0.943. The average molecular weight is 602 g/mol. The Labute approximate surface area is 232 Å². The maximum Gasteiger partial charge on any atom is 0.336 e. The molecule has 0 bridgehead atoms. The predicted octanol–water partition coefficient (Wildman–Crippen LogP) is 5.37.